The minimum absolute atomic E-state index is 0.222. The first-order valence-corrected chi connectivity index (χ1v) is 14.6. The van der Waals surface area contributed by atoms with Crippen LogP contribution in [-0.4, -0.2) is 37.5 Å². The second-order valence-electron chi connectivity index (χ2n) is 9.58. The molecule has 5 amide bonds. The molecule has 0 aromatic heterocycles. The molecule has 0 atom stereocenters. The van der Waals surface area contributed by atoms with E-state index in [1.807, 2.05) is 30.3 Å². The number of hydrogen-bond acceptors (Lipinski definition) is 7. The van der Waals surface area contributed by atoms with E-state index in [4.69, 9.17) is 25.8 Å². The molecule has 1 aliphatic rings. The van der Waals surface area contributed by atoms with Gasteiger partial charge in [-0.3, -0.25) is 19.7 Å². The monoisotopic (exact) mass is 689 g/mol. The lowest BCUT2D eigenvalue weighted by Gasteiger charge is -2.26. The van der Waals surface area contributed by atoms with Crippen molar-refractivity contribution < 1.29 is 33.4 Å². The fraction of sp³-hybridized carbons (Fsp3) is 0.0909. The minimum Gasteiger partial charge on any atom is -0.493 e. The van der Waals surface area contributed by atoms with Crippen molar-refractivity contribution in [2.45, 2.75) is 6.61 Å². The van der Waals surface area contributed by atoms with E-state index in [2.05, 4.69) is 26.6 Å². The van der Waals surface area contributed by atoms with E-state index in [0.717, 1.165) is 10.5 Å². The first-order chi connectivity index (χ1) is 21.7. The highest BCUT2D eigenvalue weighted by atomic mass is 79.9. The number of halogens is 2. The predicted molar refractivity (Wildman–Crippen MR) is 172 cm³/mol. The molecule has 1 aliphatic heterocycles. The third-order valence-corrected chi connectivity index (χ3v) is 7.42. The molecule has 228 valence electrons. The molecule has 12 heteroatoms. The van der Waals surface area contributed by atoms with Crippen molar-refractivity contribution in [3.8, 4) is 17.2 Å². The van der Waals surface area contributed by atoms with Crippen LogP contribution in [0.15, 0.2) is 101 Å². The van der Waals surface area contributed by atoms with Crippen LogP contribution >= 0.6 is 27.5 Å². The number of rotatable bonds is 10. The van der Waals surface area contributed by atoms with E-state index < -0.39 is 23.8 Å². The summed E-state index contributed by atoms with van der Waals surface area (Å²) in [5.74, 6) is -1.12. The zero-order valence-electron chi connectivity index (χ0n) is 23.7. The Bertz CT molecular complexity index is 1800. The number of benzene rings is 4. The Hall–Kier alpha value is -5.13. The third kappa shape index (κ3) is 7.51. The van der Waals surface area contributed by atoms with Gasteiger partial charge >= 0.3 is 6.03 Å². The number of methoxy groups -OCH3 is 1. The lowest BCUT2D eigenvalue weighted by Crippen LogP contribution is -2.54. The van der Waals surface area contributed by atoms with Gasteiger partial charge in [-0.15, -0.1) is 0 Å². The minimum atomic E-state index is -0.877. The first-order valence-electron chi connectivity index (χ1n) is 13.5. The molecule has 0 radical (unpaired) electrons. The van der Waals surface area contributed by atoms with Crippen LogP contribution in [0.5, 0.6) is 17.2 Å². The summed E-state index contributed by atoms with van der Waals surface area (Å²) in [5.41, 5.74) is 1.80. The number of nitrogens with one attached hydrogen (secondary N) is 2. The summed E-state index contributed by atoms with van der Waals surface area (Å²) in [6.45, 7) is -0.00200. The summed E-state index contributed by atoms with van der Waals surface area (Å²) in [6, 6.07) is 25.0. The number of imide groups is 2. The molecule has 1 fully saturated rings. The van der Waals surface area contributed by atoms with Crippen LogP contribution in [0, 0.1) is 0 Å². The maximum atomic E-state index is 13.4. The Morgan fingerprint density at radius 2 is 1.67 bits per heavy atom. The molecular weight excluding hydrogens is 666 g/mol. The number of carbonyl (C=O) groups is 4. The summed E-state index contributed by atoms with van der Waals surface area (Å²) in [6.07, 6.45) is 1.33. The van der Waals surface area contributed by atoms with Crippen LogP contribution in [0.3, 0.4) is 0 Å². The molecule has 4 aromatic carbocycles. The molecule has 0 unspecified atom stereocenters. The van der Waals surface area contributed by atoms with Crippen molar-refractivity contribution in [3.05, 3.63) is 117 Å². The van der Waals surface area contributed by atoms with Gasteiger partial charge in [0.25, 0.3) is 17.7 Å². The zero-order chi connectivity index (χ0) is 31.9. The van der Waals surface area contributed by atoms with Crippen LogP contribution in [0.25, 0.3) is 6.08 Å². The summed E-state index contributed by atoms with van der Waals surface area (Å²) >= 11 is 9.50. The van der Waals surface area contributed by atoms with Gasteiger partial charge in [0.15, 0.2) is 18.1 Å². The molecule has 45 heavy (non-hydrogen) atoms. The number of hydrogen-bond donors (Lipinski definition) is 2. The average Bonchev–Trinajstić information content (AvgIpc) is 3.03. The zero-order valence-corrected chi connectivity index (χ0v) is 26.1. The molecule has 0 saturated carbocycles. The fourth-order valence-corrected chi connectivity index (χ4v) is 5.10. The SMILES string of the molecule is COc1cc(/C=C2/C(=O)NC(=O)N(c3ccc(OCc4ccccc4)cc3)C2=O)cc(Br)c1OCC(=O)Nc1ccccc1Cl. The molecule has 0 spiro atoms. The van der Waals surface area contributed by atoms with Crippen LogP contribution in [0.2, 0.25) is 5.02 Å². The van der Waals surface area contributed by atoms with Crippen molar-refractivity contribution in [3.63, 3.8) is 0 Å². The fourth-order valence-electron chi connectivity index (χ4n) is 4.34. The Kier molecular flexibility index (Phi) is 9.81. The molecule has 1 saturated heterocycles. The number of amides is 5. The highest BCUT2D eigenvalue weighted by Crippen LogP contribution is 2.38. The number of urea groups is 1. The molecule has 2 N–H and O–H groups in total. The van der Waals surface area contributed by atoms with Crippen molar-refractivity contribution in [2.75, 3.05) is 23.9 Å². The molecule has 10 nitrogen and oxygen atoms in total. The van der Waals surface area contributed by atoms with Gasteiger partial charge in [-0.1, -0.05) is 54.1 Å². The van der Waals surface area contributed by atoms with Crippen LogP contribution in [-0.2, 0) is 21.0 Å². The van der Waals surface area contributed by atoms with E-state index in [1.165, 1.54) is 19.3 Å². The third-order valence-electron chi connectivity index (χ3n) is 6.50. The Labute approximate surface area is 271 Å². The standard InChI is InChI=1S/C33H25BrClN3O7/c1-43-28-17-21(16-25(34)30(28)45-19-29(39)36-27-10-6-5-9-26(27)35)15-24-31(40)37-33(42)38(32(24)41)22-11-13-23(14-12-22)44-18-20-7-3-2-4-8-20/h2-17H,18-19H2,1H3,(H,36,39)(H,37,40,42)/b24-15-. The van der Waals surface area contributed by atoms with E-state index in [1.54, 1.807) is 54.6 Å². The Balaban J connectivity index is 1.31. The van der Waals surface area contributed by atoms with Gasteiger partial charge in [-0.05, 0) is 81.7 Å². The van der Waals surface area contributed by atoms with Gasteiger partial charge in [-0.2, -0.15) is 0 Å². The second kappa shape index (κ2) is 14.1. The van der Waals surface area contributed by atoms with E-state index in [-0.39, 0.29) is 29.4 Å². The van der Waals surface area contributed by atoms with Gasteiger partial charge in [-0.25, -0.2) is 9.69 Å². The number of nitrogens with zero attached hydrogens (tertiary/aromatic N) is 1. The van der Waals surface area contributed by atoms with Gasteiger partial charge < -0.3 is 19.5 Å². The number of anilines is 2. The van der Waals surface area contributed by atoms with Crippen molar-refractivity contribution in [1.82, 2.24) is 5.32 Å². The smallest absolute Gasteiger partial charge is 0.335 e. The lowest BCUT2D eigenvalue weighted by molar-refractivity contribution is -0.122. The summed E-state index contributed by atoms with van der Waals surface area (Å²) in [5, 5.41) is 5.26. The van der Waals surface area contributed by atoms with Gasteiger partial charge in [0, 0.05) is 0 Å². The van der Waals surface area contributed by atoms with Crippen molar-refractivity contribution >= 4 is 68.7 Å². The molecule has 0 aliphatic carbocycles. The molecule has 5 rings (SSSR count). The quantitative estimate of drug-likeness (QED) is 0.146. The first kappa shape index (κ1) is 31.3. The number of carbonyl (C=O) groups excluding carboxylic acids is 4. The summed E-state index contributed by atoms with van der Waals surface area (Å²) in [4.78, 5) is 52.2. The van der Waals surface area contributed by atoms with E-state index in [9.17, 15) is 19.2 Å². The lowest BCUT2D eigenvalue weighted by atomic mass is 10.1. The summed E-state index contributed by atoms with van der Waals surface area (Å²) in [7, 11) is 1.40. The summed E-state index contributed by atoms with van der Waals surface area (Å²) < 4.78 is 17.3. The number of barbiturate groups is 1. The Morgan fingerprint density at radius 1 is 0.956 bits per heavy atom. The van der Waals surface area contributed by atoms with Crippen molar-refractivity contribution in [2.24, 2.45) is 0 Å². The van der Waals surface area contributed by atoms with Crippen LogP contribution < -0.4 is 29.7 Å². The molecule has 4 aromatic rings. The number of para-hydroxylation sites is 1. The van der Waals surface area contributed by atoms with Gasteiger partial charge in [0.05, 0.1) is 28.0 Å². The number of ether oxygens (including phenoxy) is 3. The van der Waals surface area contributed by atoms with E-state index in [0.29, 0.717) is 33.1 Å². The molecule has 1 heterocycles. The van der Waals surface area contributed by atoms with Crippen LogP contribution in [0.4, 0.5) is 16.2 Å². The second-order valence-corrected chi connectivity index (χ2v) is 10.8. The predicted octanol–water partition coefficient (Wildman–Crippen LogP) is 6.37. The normalized spacial score (nSPS) is 13.8. The highest BCUT2D eigenvalue weighted by molar-refractivity contribution is 9.10. The molecular formula is C33H25BrClN3O7. The highest BCUT2D eigenvalue weighted by Gasteiger charge is 2.37. The average molecular weight is 691 g/mol. The topological polar surface area (TPSA) is 123 Å². The Morgan fingerprint density at radius 3 is 2.38 bits per heavy atom. The van der Waals surface area contributed by atoms with E-state index >= 15 is 0 Å². The van der Waals surface area contributed by atoms with Gasteiger partial charge in [0.1, 0.15) is 17.9 Å². The van der Waals surface area contributed by atoms with Crippen molar-refractivity contribution in [1.29, 1.82) is 0 Å². The van der Waals surface area contributed by atoms with Gasteiger partial charge in [0.2, 0.25) is 0 Å². The largest absolute Gasteiger partial charge is 0.493 e. The molecule has 0 bridgehead atoms. The van der Waals surface area contributed by atoms with Crippen LogP contribution in [0.1, 0.15) is 11.1 Å². The maximum absolute atomic E-state index is 13.4. The maximum Gasteiger partial charge on any atom is 0.335 e.